The van der Waals surface area contributed by atoms with E-state index in [1.54, 1.807) is 18.4 Å². The van der Waals surface area contributed by atoms with Crippen molar-refractivity contribution in [2.45, 2.75) is 31.8 Å². The summed E-state index contributed by atoms with van der Waals surface area (Å²) < 4.78 is 18.8. The summed E-state index contributed by atoms with van der Waals surface area (Å²) in [6, 6.07) is 6.49. The number of nitrogens with zero attached hydrogens (tertiary/aromatic N) is 3. The number of hydrogen-bond donors (Lipinski definition) is 1. The predicted octanol–water partition coefficient (Wildman–Crippen LogP) is 3.27. The van der Waals surface area contributed by atoms with Crippen molar-refractivity contribution in [3.05, 3.63) is 42.0 Å². The van der Waals surface area contributed by atoms with Crippen molar-refractivity contribution in [1.29, 1.82) is 0 Å². The van der Waals surface area contributed by atoms with Gasteiger partial charge >= 0.3 is 5.97 Å². The third kappa shape index (κ3) is 6.02. The van der Waals surface area contributed by atoms with Crippen LogP contribution in [0.25, 0.3) is 11.5 Å². The molecule has 1 N–H and O–H groups in total. The van der Waals surface area contributed by atoms with E-state index in [0.29, 0.717) is 18.0 Å². The molecule has 0 bridgehead atoms. The fraction of sp³-hybridized carbons (Fsp3) is 0.474. The van der Waals surface area contributed by atoms with Crippen molar-refractivity contribution in [1.82, 2.24) is 14.8 Å². The number of carboxylic acid groups (broad SMARTS) is 1. The third-order valence-electron chi connectivity index (χ3n) is 4.81. The van der Waals surface area contributed by atoms with E-state index in [1.807, 2.05) is 11.9 Å². The maximum absolute atomic E-state index is 13.3. The Morgan fingerprint density at radius 1 is 1.41 bits per heavy atom. The summed E-state index contributed by atoms with van der Waals surface area (Å²) in [6.45, 7) is 2.58. The zero-order valence-electron chi connectivity index (χ0n) is 15.3. The second-order valence-corrected chi connectivity index (χ2v) is 6.82. The Kier molecular flexibility index (Phi) is 7.77. The van der Waals surface area contributed by atoms with E-state index >= 15 is 0 Å². The zero-order chi connectivity index (χ0) is 18.5. The van der Waals surface area contributed by atoms with Crippen LogP contribution in [0.4, 0.5) is 4.39 Å². The second kappa shape index (κ2) is 9.82. The first kappa shape index (κ1) is 21.3. The molecule has 1 unspecified atom stereocenters. The van der Waals surface area contributed by atoms with Gasteiger partial charge in [0.25, 0.3) is 0 Å². The minimum Gasteiger partial charge on any atom is -0.480 e. The van der Waals surface area contributed by atoms with Gasteiger partial charge < -0.3 is 9.52 Å². The first-order valence-electron chi connectivity index (χ1n) is 8.86. The topological polar surface area (TPSA) is 69.8 Å². The average Bonchev–Trinajstić information content (AvgIpc) is 2.92. The number of carbonyl (C=O) groups is 1. The Hall–Kier alpha value is -1.96. The molecule has 1 saturated heterocycles. The highest BCUT2D eigenvalue weighted by molar-refractivity contribution is 5.85. The molecule has 1 atom stereocenters. The molecule has 27 heavy (non-hydrogen) atoms. The van der Waals surface area contributed by atoms with Crippen molar-refractivity contribution in [2.24, 2.45) is 0 Å². The van der Waals surface area contributed by atoms with Crippen LogP contribution in [0, 0.1) is 5.82 Å². The molecule has 0 amide bonds. The Balaban J connectivity index is 0.00000261. The number of carboxylic acids is 1. The number of rotatable bonds is 6. The predicted molar refractivity (Wildman–Crippen MR) is 102 cm³/mol. The van der Waals surface area contributed by atoms with Gasteiger partial charge in [-0.2, -0.15) is 0 Å². The van der Waals surface area contributed by atoms with Gasteiger partial charge in [-0.25, -0.2) is 9.37 Å². The van der Waals surface area contributed by atoms with Gasteiger partial charge in [-0.15, -0.1) is 12.4 Å². The maximum atomic E-state index is 13.3. The highest BCUT2D eigenvalue weighted by atomic mass is 35.5. The van der Waals surface area contributed by atoms with Gasteiger partial charge in [0.2, 0.25) is 5.89 Å². The maximum Gasteiger partial charge on any atom is 0.317 e. The van der Waals surface area contributed by atoms with Gasteiger partial charge in [-0.05, 0) is 51.1 Å². The van der Waals surface area contributed by atoms with Crippen LogP contribution in [-0.2, 0) is 11.3 Å². The van der Waals surface area contributed by atoms with Crippen LogP contribution < -0.4 is 0 Å². The van der Waals surface area contributed by atoms with Crippen LogP contribution in [0.5, 0.6) is 0 Å². The molecular weight excluding hydrogens is 373 g/mol. The van der Waals surface area contributed by atoms with E-state index in [9.17, 15) is 9.18 Å². The normalized spacial score (nSPS) is 18.1. The van der Waals surface area contributed by atoms with E-state index in [2.05, 4.69) is 9.88 Å². The van der Waals surface area contributed by atoms with Gasteiger partial charge in [0.05, 0.1) is 12.2 Å². The number of benzene rings is 1. The molecule has 2 heterocycles. The molecule has 1 aliphatic rings. The lowest BCUT2D eigenvalue weighted by Gasteiger charge is -2.25. The van der Waals surface area contributed by atoms with Gasteiger partial charge in [-0.1, -0.05) is 6.07 Å². The van der Waals surface area contributed by atoms with Crippen LogP contribution in [0.3, 0.4) is 0 Å². The van der Waals surface area contributed by atoms with Crippen LogP contribution in [-0.4, -0.2) is 58.6 Å². The van der Waals surface area contributed by atoms with Crippen molar-refractivity contribution in [3.8, 4) is 11.5 Å². The molecule has 0 radical (unpaired) electrons. The third-order valence-corrected chi connectivity index (χ3v) is 4.81. The molecular formula is C19H25ClFN3O3. The van der Waals surface area contributed by atoms with Crippen molar-refractivity contribution >= 4 is 18.4 Å². The van der Waals surface area contributed by atoms with Crippen molar-refractivity contribution < 1.29 is 18.7 Å². The first-order chi connectivity index (χ1) is 12.5. The van der Waals surface area contributed by atoms with Crippen molar-refractivity contribution in [3.63, 3.8) is 0 Å². The molecule has 0 aliphatic carbocycles. The molecule has 1 fully saturated rings. The highest BCUT2D eigenvalue weighted by Gasteiger charge is 2.22. The quantitative estimate of drug-likeness (QED) is 0.806. The summed E-state index contributed by atoms with van der Waals surface area (Å²) in [5.74, 6) is -0.680. The fourth-order valence-electron chi connectivity index (χ4n) is 3.44. The fourth-order valence-corrected chi connectivity index (χ4v) is 3.44. The summed E-state index contributed by atoms with van der Waals surface area (Å²) >= 11 is 0. The molecule has 1 aromatic carbocycles. The number of aliphatic carboxylic acids is 1. The van der Waals surface area contributed by atoms with Gasteiger partial charge in [0, 0.05) is 24.7 Å². The SMILES string of the molecule is CN(CC(=O)O)C1CCCN(Cc2coc(-c3cccc(F)c3)n2)CC1.Cl. The summed E-state index contributed by atoms with van der Waals surface area (Å²) in [6.07, 6.45) is 4.56. The molecule has 0 spiro atoms. The number of hydrogen-bond acceptors (Lipinski definition) is 5. The lowest BCUT2D eigenvalue weighted by atomic mass is 10.1. The zero-order valence-corrected chi connectivity index (χ0v) is 16.1. The Labute approximate surface area is 164 Å². The summed E-state index contributed by atoms with van der Waals surface area (Å²) in [5, 5.41) is 8.95. The lowest BCUT2D eigenvalue weighted by molar-refractivity contribution is -0.138. The monoisotopic (exact) mass is 397 g/mol. The standard InChI is InChI=1S/C19H24FN3O3.ClH/c1-22(12-18(24)25)17-6-3-8-23(9-7-17)11-16-13-26-19(21-16)14-4-2-5-15(20)10-14;/h2,4-5,10,13,17H,3,6-9,11-12H2,1H3,(H,24,25);1H. The van der Waals surface area contributed by atoms with E-state index in [0.717, 1.165) is 38.0 Å². The van der Waals surface area contributed by atoms with Gasteiger partial charge in [0.15, 0.2) is 0 Å². The van der Waals surface area contributed by atoms with E-state index in [4.69, 9.17) is 9.52 Å². The molecule has 148 valence electrons. The minimum absolute atomic E-state index is 0. The number of halogens is 2. The number of aromatic nitrogens is 1. The van der Waals surface area contributed by atoms with Crippen LogP contribution in [0.1, 0.15) is 25.0 Å². The van der Waals surface area contributed by atoms with Crippen molar-refractivity contribution in [2.75, 3.05) is 26.7 Å². The lowest BCUT2D eigenvalue weighted by Crippen LogP contribution is -2.36. The minimum atomic E-state index is -0.791. The second-order valence-electron chi connectivity index (χ2n) is 6.82. The Bertz CT molecular complexity index is 755. The summed E-state index contributed by atoms with van der Waals surface area (Å²) in [7, 11) is 1.87. The highest BCUT2D eigenvalue weighted by Crippen LogP contribution is 2.21. The molecule has 1 aliphatic heterocycles. The summed E-state index contributed by atoms with van der Waals surface area (Å²) in [5.41, 5.74) is 1.45. The molecule has 8 heteroatoms. The first-order valence-corrected chi connectivity index (χ1v) is 8.86. The van der Waals surface area contributed by atoms with Gasteiger partial charge in [-0.3, -0.25) is 14.6 Å². The average molecular weight is 398 g/mol. The van der Waals surface area contributed by atoms with Crippen LogP contribution in [0.2, 0.25) is 0 Å². The molecule has 6 nitrogen and oxygen atoms in total. The number of oxazole rings is 1. The largest absolute Gasteiger partial charge is 0.480 e. The smallest absolute Gasteiger partial charge is 0.317 e. The summed E-state index contributed by atoms with van der Waals surface area (Å²) in [4.78, 5) is 19.6. The van der Waals surface area contributed by atoms with Crippen LogP contribution in [0.15, 0.2) is 34.9 Å². The Morgan fingerprint density at radius 3 is 2.96 bits per heavy atom. The molecule has 0 saturated carbocycles. The molecule has 1 aromatic heterocycles. The molecule has 3 rings (SSSR count). The van der Waals surface area contributed by atoms with Crippen LogP contribution >= 0.6 is 12.4 Å². The number of likely N-dealkylation sites (N-methyl/N-ethyl adjacent to an activating group) is 1. The molecule has 2 aromatic rings. The van der Waals surface area contributed by atoms with Gasteiger partial charge in [0.1, 0.15) is 12.1 Å². The van der Waals surface area contributed by atoms with E-state index in [-0.39, 0.29) is 30.8 Å². The van der Waals surface area contributed by atoms with E-state index in [1.165, 1.54) is 12.1 Å². The van der Waals surface area contributed by atoms with E-state index < -0.39 is 5.97 Å². The Morgan fingerprint density at radius 2 is 2.22 bits per heavy atom. The number of likely N-dealkylation sites (tertiary alicyclic amines) is 1.